The summed E-state index contributed by atoms with van der Waals surface area (Å²) in [4.78, 5) is 19.6. The molecule has 2 aromatic carbocycles. The van der Waals surface area contributed by atoms with Gasteiger partial charge >= 0.3 is 0 Å². The summed E-state index contributed by atoms with van der Waals surface area (Å²) in [6.07, 6.45) is 3.05. The summed E-state index contributed by atoms with van der Waals surface area (Å²) in [5.41, 5.74) is 3.18. The SMILES string of the molecule is CC(Nc1cc(-c2nc(N3CC4CC3CN4C)c3ccccc3n2)ccn1)c1ccccc1. The minimum absolute atomic E-state index is 0.152. The number of likely N-dealkylation sites (tertiary alicyclic amines) is 1. The van der Waals surface area contributed by atoms with Crippen LogP contribution in [0.4, 0.5) is 11.6 Å². The first-order valence-electron chi connectivity index (χ1n) is 11.7. The van der Waals surface area contributed by atoms with E-state index in [1.165, 1.54) is 12.0 Å². The second-order valence-corrected chi connectivity index (χ2v) is 9.23. The van der Waals surface area contributed by atoms with Gasteiger partial charge in [0.1, 0.15) is 11.6 Å². The predicted molar refractivity (Wildman–Crippen MR) is 133 cm³/mol. The van der Waals surface area contributed by atoms with Gasteiger partial charge in [0, 0.05) is 48.4 Å². The molecule has 4 heterocycles. The molecule has 2 fully saturated rings. The van der Waals surface area contributed by atoms with E-state index in [1.807, 2.05) is 24.4 Å². The number of pyridine rings is 1. The highest BCUT2D eigenvalue weighted by Gasteiger charge is 2.42. The van der Waals surface area contributed by atoms with Crippen molar-refractivity contribution in [1.29, 1.82) is 0 Å². The highest BCUT2D eigenvalue weighted by atomic mass is 15.4. The maximum Gasteiger partial charge on any atom is 0.162 e. The number of nitrogens with one attached hydrogen (secondary N) is 1. The third-order valence-electron chi connectivity index (χ3n) is 7.05. The van der Waals surface area contributed by atoms with Crippen LogP contribution in [-0.4, -0.2) is 52.1 Å². The molecule has 3 atom stereocenters. The normalized spacial score (nSPS) is 21.0. The van der Waals surface area contributed by atoms with Gasteiger partial charge in [0.2, 0.25) is 0 Å². The molecular formula is C27H28N6. The fourth-order valence-corrected chi connectivity index (χ4v) is 5.23. The third kappa shape index (κ3) is 3.70. The molecule has 2 aromatic heterocycles. The summed E-state index contributed by atoms with van der Waals surface area (Å²) in [6.45, 7) is 4.27. The predicted octanol–water partition coefficient (Wildman–Crippen LogP) is 4.76. The van der Waals surface area contributed by atoms with Crippen molar-refractivity contribution in [3.63, 3.8) is 0 Å². The minimum atomic E-state index is 0.152. The van der Waals surface area contributed by atoms with E-state index in [0.29, 0.717) is 12.1 Å². The van der Waals surface area contributed by atoms with Crippen molar-refractivity contribution in [2.45, 2.75) is 31.5 Å². The van der Waals surface area contributed by atoms with Crippen molar-refractivity contribution in [3.05, 3.63) is 78.5 Å². The molecule has 2 saturated heterocycles. The van der Waals surface area contributed by atoms with Crippen LogP contribution in [0.3, 0.4) is 0 Å². The lowest BCUT2D eigenvalue weighted by atomic mass is 10.1. The molecule has 2 bridgehead atoms. The molecule has 166 valence electrons. The molecule has 33 heavy (non-hydrogen) atoms. The number of likely N-dealkylation sites (N-methyl/N-ethyl adjacent to an activating group) is 1. The van der Waals surface area contributed by atoms with Gasteiger partial charge in [-0.15, -0.1) is 0 Å². The molecule has 6 heteroatoms. The smallest absolute Gasteiger partial charge is 0.162 e. The average Bonchev–Trinajstić information content (AvgIpc) is 3.44. The Kier molecular flexibility index (Phi) is 4.95. The lowest BCUT2D eigenvalue weighted by molar-refractivity contribution is 0.292. The molecule has 0 saturated carbocycles. The third-order valence-corrected chi connectivity index (χ3v) is 7.05. The van der Waals surface area contributed by atoms with E-state index < -0.39 is 0 Å². The number of hydrogen-bond donors (Lipinski definition) is 1. The first-order chi connectivity index (χ1) is 16.2. The van der Waals surface area contributed by atoms with E-state index >= 15 is 0 Å². The molecule has 0 amide bonds. The van der Waals surface area contributed by atoms with Crippen LogP contribution in [0, 0.1) is 0 Å². The van der Waals surface area contributed by atoms with E-state index in [4.69, 9.17) is 9.97 Å². The van der Waals surface area contributed by atoms with Gasteiger partial charge in [-0.05, 0) is 50.2 Å². The summed E-state index contributed by atoms with van der Waals surface area (Å²) in [5, 5.41) is 4.65. The molecule has 4 aromatic rings. The van der Waals surface area contributed by atoms with E-state index in [2.05, 4.69) is 82.6 Å². The topological polar surface area (TPSA) is 57.2 Å². The number of nitrogens with zero attached hydrogens (tertiary/aromatic N) is 5. The lowest BCUT2D eigenvalue weighted by Gasteiger charge is -2.33. The van der Waals surface area contributed by atoms with Crippen LogP contribution in [0.15, 0.2) is 72.9 Å². The first-order valence-corrected chi connectivity index (χ1v) is 11.7. The number of aromatic nitrogens is 3. The van der Waals surface area contributed by atoms with Gasteiger partial charge in [0.15, 0.2) is 5.82 Å². The summed E-state index contributed by atoms with van der Waals surface area (Å²) >= 11 is 0. The van der Waals surface area contributed by atoms with Crippen LogP contribution < -0.4 is 10.2 Å². The number of rotatable bonds is 5. The average molecular weight is 437 g/mol. The lowest BCUT2D eigenvalue weighted by Crippen LogP contribution is -2.45. The van der Waals surface area contributed by atoms with Gasteiger partial charge in [-0.25, -0.2) is 15.0 Å². The second-order valence-electron chi connectivity index (χ2n) is 9.23. The molecule has 6 nitrogen and oxygen atoms in total. The molecule has 0 spiro atoms. The quantitative estimate of drug-likeness (QED) is 0.487. The molecule has 0 radical (unpaired) electrons. The Labute approximate surface area is 194 Å². The van der Waals surface area contributed by atoms with E-state index in [1.54, 1.807) is 0 Å². The summed E-state index contributed by atoms with van der Waals surface area (Å²) < 4.78 is 0. The largest absolute Gasteiger partial charge is 0.364 e. The summed E-state index contributed by atoms with van der Waals surface area (Å²) in [5.74, 6) is 2.63. The molecule has 1 N–H and O–H groups in total. The molecule has 2 aliphatic heterocycles. The Morgan fingerprint density at radius 1 is 0.939 bits per heavy atom. The van der Waals surface area contributed by atoms with Crippen LogP contribution in [-0.2, 0) is 0 Å². The monoisotopic (exact) mass is 436 g/mol. The number of hydrogen-bond acceptors (Lipinski definition) is 6. The van der Waals surface area contributed by atoms with Crippen molar-refractivity contribution in [2.24, 2.45) is 0 Å². The number of piperazine rings is 1. The Hall–Kier alpha value is -3.51. The Bertz CT molecular complexity index is 1290. The van der Waals surface area contributed by atoms with Gasteiger partial charge < -0.3 is 10.2 Å². The van der Waals surface area contributed by atoms with Crippen LogP contribution >= 0.6 is 0 Å². The zero-order valence-corrected chi connectivity index (χ0v) is 19.0. The standard InChI is InChI=1S/C27H28N6/c1-18(19-8-4-3-5-9-19)29-25-14-20(12-13-28-25)26-30-24-11-7-6-10-23(24)27(31-26)33-17-21-15-22(33)16-32(21)2/h3-14,18,21-22H,15-17H2,1-2H3,(H,28,29). The van der Waals surface area contributed by atoms with E-state index in [0.717, 1.165) is 47.0 Å². The van der Waals surface area contributed by atoms with Crippen LogP contribution in [0.2, 0.25) is 0 Å². The van der Waals surface area contributed by atoms with Crippen molar-refractivity contribution in [1.82, 2.24) is 19.9 Å². The number of para-hydroxylation sites is 1. The van der Waals surface area contributed by atoms with Gasteiger partial charge in [0.25, 0.3) is 0 Å². The van der Waals surface area contributed by atoms with Crippen molar-refractivity contribution < 1.29 is 0 Å². The molecule has 6 rings (SSSR count). The van der Waals surface area contributed by atoms with Gasteiger partial charge in [-0.2, -0.15) is 0 Å². The van der Waals surface area contributed by atoms with Gasteiger partial charge in [-0.3, -0.25) is 4.90 Å². The van der Waals surface area contributed by atoms with Crippen molar-refractivity contribution in [3.8, 4) is 11.4 Å². The molecule has 3 unspecified atom stereocenters. The van der Waals surface area contributed by atoms with E-state index in [9.17, 15) is 0 Å². The second kappa shape index (κ2) is 8.12. The molecule has 0 aliphatic carbocycles. The van der Waals surface area contributed by atoms with Crippen molar-refractivity contribution >= 4 is 22.5 Å². The fourth-order valence-electron chi connectivity index (χ4n) is 5.23. The number of fused-ring (bicyclic) bond motifs is 3. The maximum absolute atomic E-state index is 5.12. The number of anilines is 2. The Balaban J connectivity index is 1.36. The Morgan fingerprint density at radius 2 is 1.76 bits per heavy atom. The molecule has 2 aliphatic rings. The fraction of sp³-hybridized carbons (Fsp3) is 0.296. The maximum atomic E-state index is 5.12. The van der Waals surface area contributed by atoms with E-state index in [-0.39, 0.29) is 6.04 Å². The van der Waals surface area contributed by atoms with Crippen LogP contribution in [0.25, 0.3) is 22.3 Å². The zero-order chi connectivity index (χ0) is 22.4. The highest BCUT2D eigenvalue weighted by molar-refractivity contribution is 5.91. The van der Waals surface area contributed by atoms with Crippen LogP contribution in [0.1, 0.15) is 24.9 Å². The zero-order valence-electron chi connectivity index (χ0n) is 19.0. The Morgan fingerprint density at radius 3 is 2.55 bits per heavy atom. The van der Waals surface area contributed by atoms with Gasteiger partial charge in [-0.1, -0.05) is 42.5 Å². The van der Waals surface area contributed by atoms with Crippen LogP contribution in [0.5, 0.6) is 0 Å². The number of benzene rings is 2. The molecular weight excluding hydrogens is 408 g/mol. The summed E-state index contributed by atoms with van der Waals surface area (Å²) in [7, 11) is 2.23. The minimum Gasteiger partial charge on any atom is -0.364 e. The highest BCUT2D eigenvalue weighted by Crippen LogP contribution is 2.37. The summed E-state index contributed by atoms with van der Waals surface area (Å²) in [6, 6.07) is 24.1. The van der Waals surface area contributed by atoms with Crippen molar-refractivity contribution in [2.75, 3.05) is 30.4 Å². The van der Waals surface area contributed by atoms with Gasteiger partial charge in [0.05, 0.1) is 5.52 Å². The first kappa shape index (κ1) is 20.1.